The number of nitrogens with zero attached hydrogens (tertiary/aromatic N) is 4. The standard InChI is InChI=1S/C25H29Cl2N5O2/c1-2-15-34-23-9-5-21(6-10-23)24-17-31(19-28-24)18-25(33)30-29-16-20-3-7-22(8-4-20)32(13-11-26)14-12-27/h3-10,16-17,19H,2,11-15,18H2,1H3,(H,30,33)/b29-16+. The topological polar surface area (TPSA) is 71.8 Å². The number of benzene rings is 2. The third kappa shape index (κ3) is 7.78. The quantitative estimate of drug-likeness (QED) is 0.208. The van der Waals surface area contributed by atoms with Gasteiger partial charge in [0.25, 0.3) is 5.91 Å². The number of ether oxygens (including phenoxy) is 1. The number of hydrazone groups is 1. The Bertz CT molecular complexity index is 1050. The number of rotatable bonds is 13. The molecule has 3 aromatic rings. The number of imidazole rings is 1. The van der Waals surface area contributed by atoms with E-state index in [0.29, 0.717) is 18.4 Å². The number of nitrogens with one attached hydrogen (secondary N) is 1. The summed E-state index contributed by atoms with van der Waals surface area (Å²) in [5.41, 5.74) is 6.22. The van der Waals surface area contributed by atoms with Gasteiger partial charge in [0.15, 0.2) is 0 Å². The number of amides is 1. The molecule has 180 valence electrons. The maximum atomic E-state index is 12.3. The first kappa shape index (κ1) is 25.6. The molecular formula is C25H29Cl2N5O2. The molecule has 0 saturated carbocycles. The first-order valence-corrected chi connectivity index (χ1v) is 12.2. The van der Waals surface area contributed by atoms with Crippen molar-refractivity contribution in [1.29, 1.82) is 0 Å². The molecule has 9 heteroatoms. The Morgan fingerprint density at radius 3 is 2.47 bits per heavy atom. The van der Waals surface area contributed by atoms with Crippen LogP contribution in [0.4, 0.5) is 5.69 Å². The number of alkyl halides is 2. The molecule has 1 heterocycles. The second-order valence-electron chi connectivity index (χ2n) is 7.55. The summed E-state index contributed by atoms with van der Waals surface area (Å²) >= 11 is 11.7. The zero-order chi connectivity index (χ0) is 24.2. The zero-order valence-corrected chi connectivity index (χ0v) is 20.7. The predicted octanol–water partition coefficient (Wildman–Crippen LogP) is 4.77. The van der Waals surface area contributed by atoms with Crippen molar-refractivity contribution in [3.05, 3.63) is 66.6 Å². The maximum absolute atomic E-state index is 12.3. The Labute approximate surface area is 210 Å². The minimum Gasteiger partial charge on any atom is -0.494 e. The van der Waals surface area contributed by atoms with Gasteiger partial charge in [-0.1, -0.05) is 19.1 Å². The number of hydrogen-bond acceptors (Lipinski definition) is 5. The predicted molar refractivity (Wildman–Crippen MR) is 139 cm³/mol. The average molecular weight is 502 g/mol. The fourth-order valence-corrected chi connectivity index (χ4v) is 3.67. The molecule has 0 radical (unpaired) electrons. The van der Waals surface area contributed by atoms with Gasteiger partial charge in [0.05, 0.1) is 24.8 Å². The summed E-state index contributed by atoms with van der Waals surface area (Å²) in [5.74, 6) is 1.66. The highest BCUT2D eigenvalue weighted by Gasteiger charge is 2.07. The van der Waals surface area contributed by atoms with Gasteiger partial charge in [-0.2, -0.15) is 5.10 Å². The fraction of sp³-hybridized carbons (Fsp3) is 0.320. The summed E-state index contributed by atoms with van der Waals surface area (Å²) < 4.78 is 7.33. The van der Waals surface area contributed by atoms with Crippen LogP contribution < -0.4 is 15.1 Å². The van der Waals surface area contributed by atoms with Crippen LogP contribution in [0.5, 0.6) is 5.75 Å². The van der Waals surface area contributed by atoms with Gasteiger partial charge in [-0.05, 0) is 48.4 Å². The number of carbonyl (C=O) groups is 1. The van der Waals surface area contributed by atoms with Gasteiger partial charge in [0, 0.05) is 42.3 Å². The Morgan fingerprint density at radius 2 is 1.82 bits per heavy atom. The number of anilines is 1. The van der Waals surface area contributed by atoms with Crippen LogP contribution in [0.3, 0.4) is 0 Å². The van der Waals surface area contributed by atoms with Gasteiger partial charge in [-0.25, -0.2) is 10.4 Å². The molecule has 0 aliphatic heterocycles. The Hall–Kier alpha value is -3.03. The van der Waals surface area contributed by atoms with Crippen LogP contribution in [0, 0.1) is 0 Å². The molecule has 1 amide bonds. The summed E-state index contributed by atoms with van der Waals surface area (Å²) in [6.07, 6.45) is 6.04. The Kier molecular flexibility index (Phi) is 10.3. The van der Waals surface area contributed by atoms with Crippen LogP contribution in [0.2, 0.25) is 0 Å². The number of carbonyl (C=O) groups excluding carboxylic acids is 1. The van der Waals surface area contributed by atoms with E-state index in [1.807, 2.05) is 54.7 Å². The summed E-state index contributed by atoms with van der Waals surface area (Å²) in [7, 11) is 0. The second-order valence-corrected chi connectivity index (χ2v) is 8.31. The molecule has 0 aliphatic rings. The molecule has 7 nitrogen and oxygen atoms in total. The summed E-state index contributed by atoms with van der Waals surface area (Å²) in [5, 5.41) is 4.06. The van der Waals surface area contributed by atoms with Crippen molar-refractivity contribution >= 4 is 41.0 Å². The van der Waals surface area contributed by atoms with Crippen molar-refractivity contribution in [2.45, 2.75) is 19.9 Å². The van der Waals surface area contributed by atoms with Crippen molar-refractivity contribution < 1.29 is 9.53 Å². The average Bonchev–Trinajstić information content (AvgIpc) is 3.32. The number of aromatic nitrogens is 2. The normalized spacial score (nSPS) is 11.0. The first-order chi connectivity index (χ1) is 16.6. The molecule has 1 N–H and O–H groups in total. The van der Waals surface area contributed by atoms with Gasteiger partial charge in [0.1, 0.15) is 12.3 Å². The highest BCUT2D eigenvalue weighted by atomic mass is 35.5. The van der Waals surface area contributed by atoms with Gasteiger partial charge in [0.2, 0.25) is 0 Å². The molecule has 3 rings (SSSR count). The second kappa shape index (κ2) is 13.6. The van der Waals surface area contributed by atoms with Crippen LogP contribution in [0.1, 0.15) is 18.9 Å². The zero-order valence-electron chi connectivity index (χ0n) is 19.2. The molecule has 0 unspecified atom stereocenters. The van der Waals surface area contributed by atoms with E-state index < -0.39 is 0 Å². The summed E-state index contributed by atoms with van der Waals surface area (Å²) in [6.45, 7) is 4.34. The molecule has 0 fully saturated rings. The Balaban J connectivity index is 1.50. The van der Waals surface area contributed by atoms with Crippen molar-refractivity contribution in [2.24, 2.45) is 5.10 Å². The lowest BCUT2D eigenvalue weighted by Crippen LogP contribution is -2.27. The highest BCUT2D eigenvalue weighted by Crippen LogP contribution is 2.21. The van der Waals surface area contributed by atoms with E-state index in [9.17, 15) is 4.79 Å². The van der Waals surface area contributed by atoms with Crippen LogP contribution in [0.15, 0.2) is 66.2 Å². The van der Waals surface area contributed by atoms with Crippen molar-refractivity contribution in [3.8, 4) is 17.0 Å². The van der Waals surface area contributed by atoms with Gasteiger partial charge in [-0.3, -0.25) is 4.79 Å². The SMILES string of the molecule is CCCOc1ccc(-c2cn(CC(=O)N/N=C/c3ccc(N(CCCl)CCCl)cc3)cn2)cc1. The third-order valence-corrected chi connectivity index (χ3v) is 5.29. The van der Waals surface area contributed by atoms with Crippen LogP contribution >= 0.6 is 23.2 Å². The first-order valence-electron chi connectivity index (χ1n) is 11.2. The summed E-state index contributed by atoms with van der Waals surface area (Å²) in [4.78, 5) is 18.8. The molecule has 0 aliphatic carbocycles. The van der Waals surface area contributed by atoms with Gasteiger partial charge < -0.3 is 14.2 Å². The molecule has 0 bridgehead atoms. The van der Waals surface area contributed by atoms with Gasteiger partial charge in [-0.15, -0.1) is 23.2 Å². The largest absolute Gasteiger partial charge is 0.494 e. The lowest BCUT2D eigenvalue weighted by atomic mass is 10.1. The van der Waals surface area contributed by atoms with Crippen LogP contribution in [0.25, 0.3) is 11.3 Å². The van der Waals surface area contributed by atoms with Crippen molar-refractivity contribution in [2.75, 3.05) is 36.4 Å². The molecule has 0 saturated heterocycles. The molecular weight excluding hydrogens is 473 g/mol. The lowest BCUT2D eigenvalue weighted by Gasteiger charge is -2.22. The highest BCUT2D eigenvalue weighted by molar-refractivity contribution is 6.18. The monoisotopic (exact) mass is 501 g/mol. The van der Waals surface area contributed by atoms with E-state index in [4.69, 9.17) is 27.9 Å². The van der Waals surface area contributed by atoms with Crippen LogP contribution in [-0.2, 0) is 11.3 Å². The summed E-state index contributed by atoms with van der Waals surface area (Å²) in [6, 6.07) is 15.6. The van der Waals surface area contributed by atoms with E-state index >= 15 is 0 Å². The fourth-order valence-electron chi connectivity index (χ4n) is 3.26. The molecule has 1 aromatic heterocycles. The minimum absolute atomic E-state index is 0.118. The van der Waals surface area contributed by atoms with E-state index in [2.05, 4.69) is 27.3 Å². The molecule has 2 aromatic carbocycles. The van der Waals surface area contributed by atoms with Crippen LogP contribution in [-0.4, -0.2) is 53.1 Å². The number of halogens is 2. The van der Waals surface area contributed by atoms with E-state index in [1.165, 1.54) is 0 Å². The maximum Gasteiger partial charge on any atom is 0.260 e. The lowest BCUT2D eigenvalue weighted by molar-refractivity contribution is -0.121. The third-order valence-electron chi connectivity index (χ3n) is 4.95. The molecule has 0 spiro atoms. The van der Waals surface area contributed by atoms with Crippen molar-refractivity contribution in [3.63, 3.8) is 0 Å². The minimum atomic E-state index is -0.240. The van der Waals surface area contributed by atoms with Gasteiger partial charge >= 0.3 is 0 Å². The number of hydrogen-bond donors (Lipinski definition) is 1. The van der Waals surface area contributed by atoms with E-state index in [0.717, 1.165) is 47.8 Å². The smallest absolute Gasteiger partial charge is 0.260 e. The van der Waals surface area contributed by atoms with E-state index in [-0.39, 0.29) is 12.5 Å². The Morgan fingerprint density at radius 1 is 1.12 bits per heavy atom. The van der Waals surface area contributed by atoms with Crippen molar-refractivity contribution in [1.82, 2.24) is 15.0 Å². The molecule has 34 heavy (non-hydrogen) atoms. The molecule has 0 atom stereocenters. The van der Waals surface area contributed by atoms with E-state index in [1.54, 1.807) is 17.1 Å².